The van der Waals surface area contributed by atoms with E-state index in [9.17, 15) is 9.59 Å². The number of nitrogens with one attached hydrogen (secondary N) is 1. The Hall–Kier alpha value is -1.30. The Kier molecular flexibility index (Phi) is 3.23. The number of hydrogen-bond donors (Lipinski definition) is 1. The van der Waals surface area contributed by atoms with Gasteiger partial charge in [-0.2, -0.15) is 0 Å². The Morgan fingerprint density at radius 3 is 2.72 bits per heavy atom. The first-order valence-corrected chi connectivity index (χ1v) is 6.55. The summed E-state index contributed by atoms with van der Waals surface area (Å²) in [4.78, 5) is 25.9. The fraction of sp³-hybridized carbons (Fsp3) is 0.500. The molecular formula is C12H16BrN3O2. The van der Waals surface area contributed by atoms with Gasteiger partial charge in [0, 0.05) is 30.8 Å². The van der Waals surface area contributed by atoms with Gasteiger partial charge in [-0.1, -0.05) is 0 Å². The molecule has 1 saturated heterocycles. The first kappa shape index (κ1) is 13.1. The molecule has 0 unspecified atom stereocenters. The molecule has 6 heteroatoms. The topological polar surface area (TPSA) is 54.3 Å². The lowest BCUT2D eigenvalue weighted by molar-refractivity contribution is -0.133. The first-order valence-electron chi connectivity index (χ1n) is 5.76. The highest BCUT2D eigenvalue weighted by atomic mass is 79.9. The van der Waals surface area contributed by atoms with Crippen molar-refractivity contribution in [2.45, 2.75) is 19.4 Å². The number of piperazine rings is 1. The summed E-state index contributed by atoms with van der Waals surface area (Å²) >= 11 is 3.34. The minimum Gasteiger partial charge on any atom is -0.352 e. The van der Waals surface area contributed by atoms with Gasteiger partial charge in [0.25, 0.3) is 5.91 Å². The molecule has 18 heavy (non-hydrogen) atoms. The Bertz CT molecular complexity index is 507. The third-order valence-corrected chi connectivity index (χ3v) is 3.72. The second kappa shape index (κ2) is 4.42. The molecule has 1 aromatic heterocycles. The van der Waals surface area contributed by atoms with E-state index in [1.165, 1.54) is 0 Å². The predicted molar refractivity (Wildman–Crippen MR) is 71.2 cm³/mol. The molecule has 2 amide bonds. The largest absolute Gasteiger partial charge is 0.352 e. The molecule has 0 radical (unpaired) electrons. The van der Waals surface area contributed by atoms with Crippen LogP contribution in [0.1, 0.15) is 24.3 Å². The maximum Gasteiger partial charge on any atom is 0.271 e. The molecule has 0 spiro atoms. The Morgan fingerprint density at radius 2 is 2.17 bits per heavy atom. The highest BCUT2D eigenvalue weighted by Crippen LogP contribution is 2.22. The highest BCUT2D eigenvalue weighted by Gasteiger charge is 2.41. The van der Waals surface area contributed by atoms with Crippen LogP contribution in [-0.2, 0) is 11.8 Å². The number of aryl methyl sites for hydroxylation is 1. The molecule has 0 saturated carbocycles. The Balaban J connectivity index is 2.33. The standard InChI is InChI=1S/C12H16BrN3O2/c1-12(2)11(18)14-4-5-16(12)10(17)9-6-8(13)7-15(9)3/h6-7H,4-5H2,1-3H3,(H,14,18). The summed E-state index contributed by atoms with van der Waals surface area (Å²) in [6.45, 7) is 4.55. The van der Waals surface area contributed by atoms with E-state index in [0.717, 1.165) is 4.47 Å². The molecule has 5 nitrogen and oxygen atoms in total. The van der Waals surface area contributed by atoms with Crippen molar-refractivity contribution in [3.8, 4) is 0 Å². The lowest BCUT2D eigenvalue weighted by Gasteiger charge is -2.41. The zero-order valence-electron chi connectivity index (χ0n) is 10.7. The van der Waals surface area contributed by atoms with Crippen molar-refractivity contribution < 1.29 is 9.59 Å². The van der Waals surface area contributed by atoms with Gasteiger partial charge in [-0.25, -0.2) is 0 Å². The lowest BCUT2D eigenvalue weighted by Crippen LogP contribution is -2.63. The fourth-order valence-electron chi connectivity index (χ4n) is 2.13. The van der Waals surface area contributed by atoms with Crippen LogP contribution in [0.5, 0.6) is 0 Å². The average molecular weight is 314 g/mol. The van der Waals surface area contributed by atoms with Crippen molar-refractivity contribution in [2.24, 2.45) is 7.05 Å². The Labute approximate surface area is 114 Å². The summed E-state index contributed by atoms with van der Waals surface area (Å²) in [5.41, 5.74) is -0.240. The first-order chi connectivity index (χ1) is 8.34. The van der Waals surface area contributed by atoms with Crippen LogP contribution in [0.4, 0.5) is 0 Å². The summed E-state index contributed by atoms with van der Waals surface area (Å²) in [5, 5.41) is 2.78. The molecule has 1 aliphatic rings. The third-order valence-electron chi connectivity index (χ3n) is 3.29. The zero-order valence-corrected chi connectivity index (χ0v) is 12.2. The van der Waals surface area contributed by atoms with Crippen molar-refractivity contribution in [3.05, 3.63) is 22.4 Å². The molecule has 2 heterocycles. The minimum atomic E-state index is -0.813. The number of nitrogens with zero attached hydrogens (tertiary/aromatic N) is 2. The van der Waals surface area contributed by atoms with Crippen LogP contribution >= 0.6 is 15.9 Å². The molecule has 2 rings (SSSR count). The van der Waals surface area contributed by atoms with Crippen molar-refractivity contribution in [1.82, 2.24) is 14.8 Å². The van der Waals surface area contributed by atoms with Gasteiger partial charge in [0.2, 0.25) is 5.91 Å². The fourth-order valence-corrected chi connectivity index (χ4v) is 2.65. The van der Waals surface area contributed by atoms with E-state index in [1.807, 2.05) is 13.2 Å². The van der Waals surface area contributed by atoms with Crippen LogP contribution in [0.2, 0.25) is 0 Å². The van der Waals surface area contributed by atoms with E-state index in [-0.39, 0.29) is 11.8 Å². The maximum atomic E-state index is 12.5. The molecule has 0 bridgehead atoms. The minimum absolute atomic E-state index is 0.115. The quantitative estimate of drug-likeness (QED) is 0.845. The number of carbonyl (C=O) groups is 2. The smallest absolute Gasteiger partial charge is 0.271 e. The molecule has 1 fully saturated rings. The van der Waals surface area contributed by atoms with Crippen molar-refractivity contribution in [2.75, 3.05) is 13.1 Å². The van der Waals surface area contributed by atoms with E-state index in [4.69, 9.17) is 0 Å². The van der Waals surface area contributed by atoms with E-state index in [0.29, 0.717) is 18.8 Å². The van der Waals surface area contributed by atoms with Gasteiger partial charge in [0.1, 0.15) is 11.2 Å². The number of amides is 2. The van der Waals surface area contributed by atoms with Gasteiger partial charge in [0.15, 0.2) is 0 Å². The van der Waals surface area contributed by atoms with Crippen LogP contribution < -0.4 is 5.32 Å². The molecular weight excluding hydrogens is 298 g/mol. The van der Waals surface area contributed by atoms with E-state index in [1.54, 1.807) is 29.4 Å². The maximum absolute atomic E-state index is 12.5. The highest BCUT2D eigenvalue weighted by molar-refractivity contribution is 9.10. The molecule has 0 atom stereocenters. The summed E-state index contributed by atoms with van der Waals surface area (Å²) in [5.74, 6) is -0.238. The van der Waals surface area contributed by atoms with Crippen LogP contribution in [0, 0.1) is 0 Å². The van der Waals surface area contributed by atoms with E-state index < -0.39 is 5.54 Å². The summed E-state index contributed by atoms with van der Waals surface area (Å²) < 4.78 is 2.61. The molecule has 1 aliphatic heterocycles. The lowest BCUT2D eigenvalue weighted by atomic mass is 9.98. The SMILES string of the molecule is Cn1cc(Br)cc1C(=O)N1CCNC(=O)C1(C)C. The summed E-state index contributed by atoms with van der Waals surface area (Å²) in [7, 11) is 1.81. The van der Waals surface area contributed by atoms with Gasteiger partial charge in [-0.05, 0) is 35.8 Å². The van der Waals surface area contributed by atoms with E-state index >= 15 is 0 Å². The number of rotatable bonds is 1. The molecule has 0 aromatic carbocycles. The monoisotopic (exact) mass is 313 g/mol. The normalized spacial score (nSPS) is 18.7. The summed E-state index contributed by atoms with van der Waals surface area (Å²) in [6, 6.07) is 1.77. The van der Waals surface area contributed by atoms with Crippen LogP contribution in [0.25, 0.3) is 0 Å². The average Bonchev–Trinajstić information content (AvgIpc) is 2.61. The van der Waals surface area contributed by atoms with Crippen LogP contribution in [-0.4, -0.2) is 39.9 Å². The van der Waals surface area contributed by atoms with Crippen LogP contribution in [0.15, 0.2) is 16.7 Å². The summed E-state index contributed by atoms with van der Waals surface area (Å²) in [6.07, 6.45) is 1.82. The molecule has 98 valence electrons. The number of aromatic nitrogens is 1. The van der Waals surface area contributed by atoms with Gasteiger partial charge in [-0.3, -0.25) is 9.59 Å². The van der Waals surface area contributed by atoms with Crippen molar-refractivity contribution in [3.63, 3.8) is 0 Å². The molecule has 1 aromatic rings. The second-order valence-corrected chi connectivity index (χ2v) is 5.84. The number of carbonyl (C=O) groups excluding carboxylic acids is 2. The third kappa shape index (κ3) is 2.05. The predicted octanol–water partition coefficient (Wildman–Crippen LogP) is 1.14. The number of hydrogen-bond acceptors (Lipinski definition) is 2. The van der Waals surface area contributed by atoms with Crippen LogP contribution in [0.3, 0.4) is 0 Å². The van der Waals surface area contributed by atoms with Crippen molar-refractivity contribution in [1.29, 1.82) is 0 Å². The molecule has 0 aliphatic carbocycles. The number of halogens is 1. The van der Waals surface area contributed by atoms with Crippen molar-refractivity contribution >= 4 is 27.7 Å². The van der Waals surface area contributed by atoms with Gasteiger partial charge in [-0.15, -0.1) is 0 Å². The second-order valence-electron chi connectivity index (χ2n) is 4.93. The van der Waals surface area contributed by atoms with Gasteiger partial charge >= 0.3 is 0 Å². The van der Waals surface area contributed by atoms with Gasteiger partial charge in [0.05, 0.1) is 0 Å². The Morgan fingerprint density at radius 1 is 1.50 bits per heavy atom. The van der Waals surface area contributed by atoms with E-state index in [2.05, 4.69) is 21.2 Å². The zero-order chi connectivity index (χ0) is 13.5. The van der Waals surface area contributed by atoms with Gasteiger partial charge < -0.3 is 14.8 Å². The molecule has 1 N–H and O–H groups in total.